The number of anilines is 1. The molecule has 1 aromatic carbocycles. The summed E-state index contributed by atoms with van der Waals surface area (Å²) in [6, 6.07) is 9.44. The number of carboxylic acids is 1. The van der Waals surface area contributed by atoms with E-state index >= 15 is 0 Å². The summed E-state index contributed by atoms with van der Waals surface area (Å²) in [7, 11) is 0. The largest absolute Gasteiger partial charge is 0.480 e. The molecule has 2 rings (SSSR count). The zero-order chi connectivity index (χ0) is 9.31. The summed E-state index contributed by atoms with van der Waals surface area (Å²) in [5.41, 5.74) is 0.198. The molecule has 2 N–H and O–H groups in total. The van der Waals surface area contributed by atoms with Gasteiger partial charge in [-0.3, -0.25) is 0 Å². The van der Waals surface area contributed by atoms with Crippen LogP contribution in [-0.2, 0) is 4.79 Å². The molecule has 1 saturated carbocycles. The molecule has 1 aliphatic rings. The molecule has 0 atom stereocenters. The Morgan fingerprint density at radius 2 is 1.92 bits per heavy atom. The number of carbonyl (C=O) groups is 1. The van der Waals surface area contributed by atoms with E-state index in [4.69, 9.17) is 5.11 Å². The Bertz CT molecular complexity index is 317. The van der Waals surface area contributed by atoms with Gasteiger partial charge in [-0.2, -0.15) is 0 Å². The van der Waals surface area contributed by atoms with Gasteiger partial charge in [0.2, 0.25) is 0 Å². The van der Waals surface area contributed by atoms with Crippen LogP contribution in [0.3, 0.4) is 0 Å². The zero-order valence-corrected chi connectivity index (χ0v) is 7.16. The Morgan fingerprint density at radius 1 is 1.31 bits per heavy atom. The number of hydrogen-bond acceptors (Lipinski definition) is 2. The van der Waals surface area contributed by atoms with Crippen molar-refractivity contribution in [2.45, 2.75) is 18.4 Å². The van der Waals surface area contributed by atoms with Crippen molar-refractivity contribution in [3.63, 3.8) is 0 Å². The van der Waals surface area contributed by atoms with E-state index < -0.39 is 11.5 Å². The molecule has 0 amide bonds. The fourth-order valence-corrected chi connectivity index (χ4v) is 1.32. The molecule has 0 aromatic heterocycles. The molecule has 0 bridgehead atoms. The van der Waals surface area contributed by atoms with Crippen LogP contribution in [0.15, 0.2) is 30.3 Å². The topological polar surface area (TPSA) is 49.3 Å². The van der Waals surface area contributed by atoms with Crippen LogP contribution in [0.4, 0.5) is 5.69 Å². The highest BCUT2D eigenvalue weighted by Gasteiger charge is 2.50. The lowest BCUT2D eigenvalue weighted by Gasteiger charge is -2.13. The van der Waals surface area contributed by atoms with Gasteiger partial charge in [0, 0.05) is 5.69 Å². The maximum Gasteiger partial charge on any atom is 0.329 e. The van der Waals surface area contributed by atoms with Crippen LogP contribution >= 0.6 is 0 Å². The van der Waals surface area contributed by atoms with Crippen LogP contribution < -0.4 is 5.32 Å². The average molecular weight is 177 g/mol. The second-order valence-corrected chi connectivity index (χ2v) is 3.38. The SMILES string of the molecule is O=C(O)C1(Nc2ccccc2)CC1. The highest BCUT2D eigenvalue weighted by atomic mass is 16.4. The minimum atomic E-state index is -0.753. The predicted molar refractivity (Wildman–Crippen MR) is 49.7 cm³/mol. The molecule has 0 spiro atoms. The Kier molecular flexibility index (Phi) is 1.72. The molecular weight excluding hydrogens is 166 g/mol. The molecule has 0 heterocycles. The van der Waals surface area contributed by atoms with Crippen LogP contribution in [0.5, 0.6) is 0 Å². The van der Waals surface area contributed by atoms with Gasteiger partial charge in [-0.15, -0.1) is 0 Å². The second-order valence-electron chi connectivity index (χ2n) is 3.38. The van der Waals surface area contributed by atoms with Gasteiger partial charge in [-0.25, -0.2) is 4.79 Å². The fourth-order valence-electron chi connectivity index (χ4n) is 1.32. The van der Waals surface area contributed by atoms with Gasteiger partial charge >= 0.3 is 5.97 Å². The van der Waals surface area contributed by atoms with Crippen molar-refractivity contribution in [1.82, 2.24) is 0 Å². The number of benzene rings is 1. The van der Waals surface area contributed by atoms with Crippen molar-refractivity contribution < 1.29 is 9.90 Å². The molecule has 68 valence electrons. The second kappa shape index (κ2) is 2.76. The number of hydrogen-bond donors (Lipinski definition) is 2. The Labute approximate surface area is 76.4 Å². The van der Waals surface area contributed by atoms with Gasteiger partial charge < -0.3 is 10.4 Å². The monoisotopic (exact) mass is 177 g/mol. The number of nitrogens with one attached hydrogen (secondary N) is 1. The van der Waals surface area contributed by atoms with Gasteiger partial charge in [-0.1, -0.05) is 18.2 Å². The standard InChI is InChI=1S/C10H11NO2/c12-9(13)10(6-7-10)11-8-4-2-1-3-5-8/h1-5,11H,6-7H2,(H,12,13). The van der Waals surface area contributed by atoms with Crippen LogP contribution in [0.25, 0.3) is 0 Å². The normalized spacial score (nSPS) is 17.8. The van der Waals surface area contributed by atoms with Crippen LogP contribution in [-0.4, -0.2) is 16.6 Å². The molecule has 0 unspecified atom stereocenters. The van der Waals surface area contributed by atoms with Crippen LogP contribution in [0, 0.1) is 0 Å². The molecule has 0 saturated heterocycles. The third-order valence-electron chi connectivity index (χ3n) is 2.32. The lowest BCUT2D eigenvalue weighted by atomic mass is 10.2. The summed E-state index contributed by atoms with van der Waals surface area (Å²) < 4.78 is 0. The molecule has 0 aliphatic heterocycles. The van der Waals surface area contributed by atoms with E-state index in [0.717, 1.165) is 18.5 Å². The van der Waals surface area contributed by atoms with Crippen molar-refractivity contribution in [2.24, 2.45) is 0 Å². The van der Waals surface area contributed by atoms with E-state index in [2.05, 4.69) is 5.32 Å². The molecule has 3 heteroatoms. The molecule has 1 aromatic rings. The van der Waals surface area contributed by atoms with Crippen LogP contribution in [0.1, 0.15) is 12.8 Å². The fraction of sp³-hybridized carbons (Fsp3) is 0.300. The minimum Gasteiger partial charge on any atom is -0.480 e. The summed E-state index contributed by atoms with van der Waals surface area (Å²) in [5, 5.41) is 11.9. The maximum atomic E-state index is 10.8. The van der Waals surface area contributed by atoms with E-state index in [-0.39, 0.29) is 0 Å². The lowest BCUT2D eigenvalue weighted by Crippen LogP contribution is -2.31. The third kappa shape index (κ3) is 1.49. The zero-order valence-electron chi connectivity index (χ0n) is 7.16. The molecule has 3 nitrogen and oxygen atoms in total. The van der Waals surface area contributed by atoms with Crippen molar-refractivity contribution in [1.29, 1.82) is 0 Å². The van der Waals surface area contributed by atoms with E-state index in [9.17, 15) is 4.79 Å². The quantitative estimate of drug-likeness (QED) is 0.739. The molecule has 1 aliphatic carbocycles. The van der Waals surface area contributed by atoms with Gasteiger partial charge in [0.1, 0.15) is 5.54 Å². The maximum absolute atomic E-state index is 10.8. The summed E-state index contributed by atoms with van der Waals surface area (Å²) in [4.78, 5) is 10.8. The van der Waals surface area contributed by atoms with E-state index in [1.54, 1.807) is 0 Å². The van der Waals surface area contributed by atoms with Gasteiger partial charge in [0.15, 0.2) is 0 Å². The Hall–Kier alpha value is -1.51. The number of rotatable bonds is 3. The number of aliphatic carboxylic acids is 1. The average Bonchev–Trinajstić information content (AvgIpc) is 2.87. The van der Waals surface area contributed by atoms with Crippen molar-refractivity contribution in [2.75, 3.05) is 5.32 Å². The van der Waals surface area contributed by atoms with E-state index in [1.165, 1.54) is 0 Å². The van der Waals surface area contributed by atoms with Crippen molar-refractivity contribution in [3.05, 3.63) is 30.3 Å². The smallest absolute Gasteiger partial charge is 0.329 e. The minimum absolute atomic E-state index is 0.679. The van der Waals surface area contributed by atoms with Crippen molar-refractivity contribution in [3.8, 4) is 0 Å². The van der Waals surface area contributed by atoms with Crippen LogP contribution in [0.2, 0.25) is 0 Å². The van der Waals surface area contributed by atoms with Crippen molar-refractivity contribution >= 4 is 11.7 Å². The van der Waals surface area contributed by atoms with Gasteiger partial charge in [0.05, 0.1) is 0 Å². The first kappa shape index (κ1) is 8.10. The highest BCUT2D eigenvalue weighted by Crippen LogP contribution is 2.38. The molecule has 0 radical (unpaired) electrons. The van der Waals surface area contributed by atoms with Gasteiger partial charge in [0.25, 0.3) is 0 Å². The highest BCUT2D eigenvalue weighted by molar-refractivity contribution is 5.86. The Balaban J connectivity index is 2.11. The first-order valence-electron chi connectivity index (χ1n) is 4.30. The third-order valence-corrected chi connectivity index (χ3v) is 2.32. The Morgan fingerprint density at radius 3 is 2.38 bits per heavy atom. The van der Waals surface area contributed by atoms with E-state index in [1.807, 2.05) is 30.3 Å². The first-order valence-corrected chi connectivity index (χ1v) is 4.30. The lowest BCUT2D eigenvalue weighted by molar-refractivity contribution is -0.138. The number of carboxylic acid groups (broad SMARTS) is 1. The first-order chi connectivity index (χ1) is 6.23. The predicted octanol–water partition coefficient (Wildman–Crippen LogP) is 1.72. The summed E-state index contributed by atoms with van der Waals surface area (Å²) in [6.07, 6.45) is 1.44. The van der Waals surface area contributed by atoms with E-state index in [0.29, 0.717) is 0 Å². The van der Waals surface area contributed by atoms with Gasteiger partial charge in [-0.05, 0) is 25.0 Å². The molecule has 13 heavy (non-hydrogen) atoms. The molecule has 1 fully saturated rings. The summed E-state index contributed by atoms with van der Waals surface area (Å²) in [5.74, 6) is -0.753. The molecular formula is C10H11NO2. The summed E-state index contributed by atoms with van der Waals surface area (Å²) >= 11 is 0. The number of para-hydroxylation sites is 1. The summed E-state index contributed by atoms with van der Waals surface area (Å²) in [6.45, 7) is 0.